The van der Waals surface area contributed by atoms with Crippen molar-refractivity contribution in [1.29, 1.82) is 0 Å². The van der Waals surface area contributed by atoms with Crippen molar-refractivity contribution in [1.82, 2.24) is 4.31 Å². The highest BCUT2D eigenvalue weighted by atomic mass is 35.5. The molecule has 2 rings (SSSR count). The van der Waals surface area contributed by atoms with E-state index in [9.17, 15) is 8.42 Å². The van der Waals surface area contributed by atoms with Crippen molar-refractivity contribution in [2.24, 2.45) is 17.8 Å². The molecule has 2 aliphatic rings. The molecule has 0 spiro atoms. The highest BCUT2D eigenvalue weighted by Crippen LogP contribution is 2.48. The molecular formula is C12H22ClNO2S. The van der Waals surface area contributed by atoms with Crippen molar-refractivity contribution in [3.8, 4) is 0 Å². The largest absolute Gasteiger partial charge is 0.217 e. The van der Waals surface area contributed by atoms with Gasteiger partial charge in [0.05, 0.1) is 5.25 Å². The Bertz CT molecular complexity index is 371. The normalized spacial score (nSPS) is 34.5. The molecule has 0 N–H and O–H groups in total. The van der Waals surface area contributed by atoms with Crippen molar-refractivity contribution in [2.75, 3.05) is 19.5 Å². The van der Waals surface area contributed by atoms with Crippen LogP contribution in [0, 0.1) is 17.8 Å². The van der Waals surface area contributed by atoms with Gasteiger partial charge in [-0.25, -0.2) is 12.7 Å². The number of halogens is 1. The van der Waals surface area contributed by atoms with Crippen LogP contribution in [0.15, 0.2) is 0 Å². The Hall–Kier alpha value is 0.200. The second-order valence-corrected chi connectivity index (χ2v) is 8.49. The Balaban J connectivity index is 1.95. The number of fused-ring (bicyclic) bond motifs is 2. The van der Waals surface area contributed by atoms with Crippen LogP contribution in [0.4, 0.5) is 0 Å². The van der Waals surface area contributed by atoms with Gasteiger partial charge in [-0.3, -0.25) is 0 Å². The van der Waals surface area contributed by atoms with E-state index in [1.165, 1.54) is 30.0 Å². The predicted molar refractivity (Wildman–Crippen MR) is 70.7 cm³/mol. The van der Waals surface area contributed by atoms with Crippen LogP contribution in [0.3, 0.4) is 0 Å². The fourth-order valence-electron chi connectivity index (χ4n) is 3.42. The Morgan fingerprint density at radius 1 is 1.35 bits per heavy atom. The van der Waals surface area contributed by atoms with Gasteiger partial charge >= 0.3 is 0 Å². The molecule has 5 heteroatoms. The monoisotopic (exact) mass is 279 g/mol. The summed E-state index contributed by atoms with van der Waals surface area (Å²) in [7, 11) is -1.49. The first-order valence-corrected chi connectivity index (χ1v) is 8.50. The molecule has 2 saturated carbocycles. The van der Waals surface area contributed by atoms with Gasteiger partial charge in [0.25, 0.3) is 0 Å². The smallest absolute Gasteiger partial charge is 0.212 e. The number of hydrogen-bond acceptors (Lipinski definition) is 2. The van der Waals surface area contributed by atoms with E-state index in [0.717, 1.165) is 11.8 Å². The van der Waals surface area contributed by atoms with Crippen LogP contribution in [0.2, 0.25) is 0 Å². The molecular weight excluding hydrogens is 258 g/mol. The maximum atomic E-state index is 12.1. The van der Waals surface area contributed by atoms with Crippen molar-refractivity contribution in [2.45, 2.75) is 37.9 Å². The third-order valence-electron chi connectivity index (χ3n) is 4.54. The average Bonchev–Trinajstić information content (AvgIpc) is 2.89. The summed E-state index contributed by atoms with van der Waals surface area (Å²) in [6, 6.07) is 0. The molecule has 2 bridgehead atoms. The zero-order valence-corrected chi connectivity index (χ0v) is 12.2. The van der Waals surface area contributed by atoms with Crippen LogP contribution >= 0.6 is 11.6 Å². The SMILES string of the molecule is CC(CCl)S(=O)(=O)N(C)CC1CC2CCC1C2. The molecule has 0 aromatic carbocycles. The topological polar surface area (TPSA) is 37.4 Å². The van der Waals surface area contributed by atoms with E-state index in [1.807, 2.05) is 0 Å². The average molecular weight is 280 g/mol. The molecule has 100 valence electrons. The van der Waals surface area contributed by atoms with E-state index >= 15 is 0 Å². The molecule has 0 amide bonds. The lowest BCUT2D eigenvalue weighted by atomic mass is 9.89. The number of hydrogen-bond donors (Lipinski definition) is 0. The molecule has 0 aromatic heterocycles. The number of sulfonamides is 1. The Labute approximate surface area is 110 Å². The molecule has 17 heavy (non-hydrogen) atoms. The second kappa shape index (κ2) is 5.06. The Morgan fingerprint density at radius 2 is 2.06 bits per heavy atom. The molecule has 3 nitrogen and oxygen atoms in total. The first kappa shape index (κ1) is 13.6. The van der Waals surface area contributed by atoms with Crippen LogP contribution in [-0.4, -0.2) is 37.4 Å². The summed E-state index contributed by atoms with van der Waals surface area (Å²) in [5.74, 6) is 2.38. The maximum absolute atomic E-state index is 12.1. The number of alkyl halides is 1. The summed E-state index contributed by atoms with van der Waals surface area (Å²) < 4.78 is 25.7. The van der Waals surface area contributed by atoms with Crippen LogP contribution in [-0.2, 0) is 10.0 Å². The third-order valence-corrected chi connectivity index (χ3v) is 7.38. The molecule has 4 unspecified atom stereocenters. The standard InChI is InChI=1S/C12H22ClNO2S/c1-9(7-13)17(15,16)14(2)8-12-6-10-3-4-11(12)5-10/h9-12H,3-8H2,1-2H3. The fourth-order valence-corrected chi connectivity index (χ4v) is 5.07. The highest BCUT2D eigenvalue weighted by molar-refractivity contribution is 7.89. The van der Waals surface area contributed by atoms with E-state index in [1.54, 1.807) is 14.0 Å². The zero-order valence-electron chi connectivity index (χ0n) is 10.6. The quantitative estimate of drug-likeness (QED) is 0.724. The molecule has 2 aliphatic carbocycles. The van der Waals surface area contributed by atoms with Crippen LogP contribution in [0.25, 0.3) is 0 Å². The van der Waals surface area contributed by atoms with Gasteiger partial charge in [0.15, 0.2) is 0 Å². The predicted octanol–water partition coefficient (Wildman–Crippen LogP) is 2.31. The lowest BCUT2D eigenvalue weighted by Gasteiger charge is -2.28. The maximum Gasteiger partial charge on any atom is 0.217 e. The lowest BCUT2D eigenvalue weighted by Crippen LogP contribution is -2.39. The van der Waals surface area contributed by atoms with E-state index in [-0.39, 0.29) is 5.88 Å². The van der Waals surface area contributed by atoms with Crippen LogP contribution < -0.4 is 0 Å². The number of nitrogens with zero attached hydrogens (tertiary/aromatic N) is 1. The molecule has 0 saturated heterocycles. The van der Waals surface area contributed by atoms with Gasteiger partial charge in [-0.1, -0.05) is 6.42 Å². The fraction of sp³-hybridized carbons (Fsp3) is 1.00. The van der Waals surface area contributed by atoms with E-state index in [4.69, 9.17) is 11.6 Å². The lowest BCUT2D eigenvalue weighted by molar-refractivity contribution is 0.279. The molecule has 0 radical (unpaired) electrons. The number of rotatable bonds is 5. The summed E-state index contributed by atoms with van der Waals surface area (Å²) >= 11 is 5.65. The van der Waals surface area contributed by atoms with Crippen LogP contribution in [0.1, 0.15) is 32.6 Å². The van der Waals surface area contributed by atoms with Crippen molar-refractivity contribution in [3.63, 3.8) is 0 Å². The summed E-state index contributed by atoms with van der Waals surface area (Å²) in [6.45, 7) is 2.37. The van der Waals surface area contributed by atoms with Gasteiger partial charge in [0.1, 0.15) is 0 Å². The summed E-state index contributed by atoms with van der Waals surface area (Å²) in [4.78, 5) is 0. The highest BCUT2D eigenvalue weighted by Gasteiger charge is 2.41. The molecule has 0 aliphatic heterocycles. The minimum atomic E-state index is -3.19. The first-order chi connectivity index (χ1) is 7.95. The first-order valence-electron chi connectivity index (χ1n) is 6.46. The van der Waals surface area contributed by atoms with Gasteiger partial charge in [-0.05, 0) is 43.9 Å². The Kier molecular flexibility index (Phi) is 4.06. The van der Waals surface area contributed by atoms with Gasteiger partial charge in [0.2, 0.25) is 10.0 Å². The molecule has 0 aromatic rings. The molecule has 2 fully saturated rings. The van der Waals surface area contributed by atoms with E-state index in [2.05, 4.69) is 0 Å². The summed E-state index contributed by atoms with van der Waals surface area (Å²) in [6.07, 6.45) is 5.20. The third kappa shape index (κ3) is 2.64. The molecule has 4 atom stereocenters. The van der Waals surface area contributed by atoms with Crippen molar-refractivity contribution < 1.29 is 8.42 Å². The van der Waals surface area contributed by atoms with Crippen molar-refractivity contribution in [3.05, 3.63) is 0 Å². The zero-order chi connectivity index (χ0) is 12.6. The van der Waals surface area contributed by atoms with Gasteiger partial charge in [-0.15, -0.1) is 11.6 Å². The summed E-state index contributed by atoms with van der Waals surface area (Å²) in [5, 5.41) is -0.479. The van der Waals surface area contributed by atoms with Gasteiger partial charge in [-0.2, -0.15) is 0 Å². The van der Waals surface area contributed by atoms with Gasteiger partial charge in [0, 0.05) is 19.5 Å². The summed E-state index contributed by atoms with van der Waals surface area (Å²) in [5.41, 5.74) is 0. The van der Waals surface area contributed by atoms with Crippen LogP contribution in [0.5, 0.6) is 0 Å². The minimum Gasteiger partial charge on any atom is -0.212 e. The second-order valence-electron chi connectivity index (χ2n) is 5.73. The minimum absolute atomic E-state index is 0.170. The van der Waals surface area contributed by atoms with E-state index in [0.29, 0.717) is 12.5 Å². The van der Waals surface area contributed by atoms with E-state index < -0.39 is 15.3 Å². The molecule has 0 heterocycles. The van der Waals surface area contributed by atoms with Gasteiger partial charge < -0.3 is 0 Å². The van der Waals surface area contributed by atoms with Crippen molar-refractivity contribution >= 4 is 21.6 Å². The Morgan fingerprint density at radius 3 is 2.53 bits per heavy atom.